The normalized spacial score (nSPS) is 18.8. The Hall–Kier alpha value is -3.08. The Kier molecular flexibility index (Phi) is 5.85. The standard InChI is InChI=1S/C24H25F3N4O/c1-15-7-5-9-20-17(15)8-3-4-11-31(20)23(32)21-10-6-12-30(21)22-18(14-28)19(24(25,26)27)13-16(2)29-22/h5,7,9,13,21H,3-4,6,8,10-12H2,1-2H3/t21-/m0/s1. The highest BCUT2D eigenvalue weighted by atomic mass is 19.4. The molecule has 2 aliphatic rings. The third-order valence-electron chi connectivity index (χ3n) is 6.36. The Morgan fingerprint density at radius 2 is 1.97 bits per heavy atom. The van der Waals surface area contributed by atoms with Crippen molar-refractivity contribution in [1.82, 2.24) is 4.98 Å². The van der Waals surface area contributed by atoms with Gasteiger partial charge in [-0.25, -0.2) is 4.98 Å². The predicted molar refractivity (Wildman–Crippen MR) is 116 cm³/mol. The lowest BCUT2D eigenvalue weighted by Crippen LogP contribution is -2.47. The third kappa shape index (κ3) is 3.92. The molecule has 5 nitrogen and oxygen atoms in total. The van der Waals surface area contributed by atoms with Crippen LogP contribution in [0.1, 0.15) is 53.6 Å². The van der Waals surface area contributed by atoms with Crippen LogP contribution in [0.3, 0.4) is 0 Å². The molecule has 0 radical (unpaired) electrons. The van der Waals surface area contributed by atoms with Gasteiger partial charge in [-0.1, -0.05) is 12.1 Å². The van der Waals surface area contributed by atoms with E-state index in [0.717, 1.165) is 42.1 Å². The first-order valence-electron chi connectivity index (χ1n) is 10.9. The highest BCUT2D eigenvalue weighted by Crippen LogP contribution is 2.38. The highest BCUT2D eigenvalue weighted by Gasteiger charge is 2.41. The topological polar surface area (TPSA) is 60.2 Å². The molecule has 32 heavy (non-hydrogen) atoms. The van der Waals surface area contributed by atoms with Crippen molar-refractivity contribution in [3.05, 3.63) is 52.2 Å². The second kappa shape index (κ2) is 8.45. The summed E-state index contributed by atoms with van der Waals surface area (Å²) in [5.74, 6) is -0.188. The Morgan fingerprint density at radius 3 is 2.69 bits per heavy atom. The van der Waals surface area contributed by atoms with Gasteiger partial charge in [0, 0.05) is 24.5 Å². The van der Waals surface area contributed by atoms with Gasteiger partial charge in [0.05, 0.1) is 5.56 Å². The van der Waals surface area contributed by atoms with E-state index in [1.165, 1.54) is 6.92 Å². The predicted octanol–water partition coefficient (Wildman–Crippen LogP) is 4.93. The van der Waals surface area contributed by atoms with Crippen molar-refractivity contribution in [1.29, 1.82) is 5.26 Å². The van der Waals surface area contributed by atoms with Gasteiger partial charge in [0.2, 0.25) is 5.91 Å². The number of pyridine rings is 1. The van der Waals surface area contributed by atoms with Gasteiger partial charge in [-0.2, -0.15) is 18.4 Å². The molecular formula is C24H25F3N4O. The number of aromatic nitrogens is 1. The monoisotopic (exact) mass is 442 g/mol. The van der Waals surface area contributed by atoms with Gasteiger partial charge in [0.15, 0.2) is 0 Å². The van der Waals surface area contributed by atoms with Gasteiger partial charge in [-0.15, -0.1) is 0 Å². The van der Waals surface area contributed by atoms with Crippen LogP contribution in [0.15, 0.2) is 24.3 Å². The van der Waals surface area contributed by atoms with Gasteiger partial charge in [-0.05, 0) is 69.2 Å². The molecule has 3 heterocycles. The number of nitriles is 1. The number of halogens is 3. The molecule has 0 saturated carbocycles. The number of hydrogen-bond acceptors (Lipinski definition) is 4. The Bertz CT molecular complexity index is 1090. The molecule has 0 aliphatic carbocycles. The van der Waals surface area contributed by atoms with E-state index in [1.807, 2.05) is 25.1 Å². The van der Waals surface area contributed by atoms with Gasteiger partial charge < -0.3 is 9.80 Å². The molecule has 2 aliphatic heterocycles. The first-order chi connectivity index (χ1) is 15.2. The molecule has 4 rings (SSSR count). The molecule has 168 valence electrons. The van der Waals surface area contributed by atoms with Crippen molar-refractivity contribution in [2.24, 2.45) is 0 Å². The number of fused-ring (bicyclic) bond motifs is 1. The van der Waals surface area contributed by atoms with E-state index in [9.17, 15) is 23.2 Å². The quantitative estimate of drug-likeness (QED) is 0.662. The number of hydrogen-bond donors (Lipinski definition) is 0. The first kappa shape index (κ1) is 22.1. The van der Waals surface area contributed by atoms with Crippen LogP contribution in [0.2, 0.25) is 0 Å². The molecule has 1 amide bonds. The Labute approximate surface area is 185 Å². The molecule has 2 aromatic rings. The summed E-state index contributed by atoms with van der Waals surface area (Å²) in [6.45, 7) is 4.46. The molecule has 1 aromatic heterocycles. The summed E-state index contributed by atoms with van der Waals surface area (Å²) in [4.78, 5) is 21.4. The Balaban J connectivity index is 1.75. The number of anilines is 2. The van der Waals surface area contributed by atoms with Crippen LogP contribution in [0.5, 0.6) is 0 Å². The van der Waals surface area contributed by atoms with Crippen molar-refractivity contribution < 1.29 is 18.0 Å². The molecule has 1 atom stereocenters. The number of rotatable bonds is 2. The average Bonchev–Trinajstić information content (AvgIpc) is 3.12. The molecule has 1 fully saturated rings. The van der Waals surface area contributed by atoms with Crippen molar-refractivity contribution in [2.45, 2.75) is 58.2 Å². The molecule has 0 unspecified atom stereocenters. The van der Waals surface area contributed by atoms with Crippen LogP contribution < -0.4 is 9.80 Å². The summed E-state index contributed by atoms with van der Waals surface area (Å²) >= 11 is 0. The lowest BCUT2D eigenvalue weighted by molar-refractivity contribution is -0.137. The van der Waals surface area contributed by atoms with Crippen LogP contribution in [0, 0.1) is 25.2 Å². The molecule has 0 spiro atoms. The highest BCUT2D eigenvalue weighted by molar-refractivity contribution is 6.00. The van der Waals surface area contributed by atoms with Crippen LogP contribution in [0.25, 0.3) is 0 Å². The number of aryl methyl sites for hydroxylation is 2. The number of benzene rings is 1. The van der Waals surface area contributed by atoms with Gasteiger partial charge in [0.1, 0.15) is 23.5 Å². The number of alkyl halides is 3. The van der Waals surface area contributed by atoms with Gasteiger partial charge in [-0.3, -0.25) is 4.79 Å². The van der Waals surface area contributed by atoms with Crippen LogP contribution in [0.4, 0.5) is 24.7 Å². The van der Waals surface area contributed by atoms with Crippen molar-refractivity contribution in [3.63, 3.8) is 0 Å². The van der Waals surface area contributed by atoms with E-state index in [1.54, 1.807) is 15.9 Å². The lowest BCUT2D eigenvalue weighted by Gasteiger charge is -2.32. The number of carbonyl (C=O) groups is 1. The molecule has 0 bridgehead atoms. The zero-order valence-electron chi connectivity index (χ0n) is 18.2. The largest absolute Gasteiger partial charge is 0.417 e. The van der Waals surface area contributed by atoms with Crippen molar-refractivity contribution in [3.8, 4) is 6.07 Å². The summed E-state index contributed by atoms with van der Waals surface area (Å²) in [5, 5.41) is 9.57. The van der Waals surface area contributed by atoms with Crippen molar-refractivity contribution >= 4 is 17.4 Å². The maximum Gasteiger partial charge on any atom is 0.417 e. The Morgan fingerprint density at radius 1 is 1.19 bits per heavy atom. The van der Waals surface area contributed by atoms with E-state index < -0.39 is 23.3 Å². The van der Waals surface area contributed by atoms with E-state index in [4.69, 9.17) is 0 Å². The summed E-state index contributed by atoms with van der Waals surface area (Å²) in [5.41, 5.74) is 1.81. The summed E-state index contributed by atoms with van der Waals surface area (Å²) < 4.78 is 40.8. The van der Waals surface area contributed by atoms with Gasteiger partial charge >= 0.3 is 6.18 Å². The van der Waals surface area contributed by atoms with Crippen molar-refractivity contribution in [2.75, 3.05) is 22.9 Å². The fraction of sp³-hybridized carbons (Fsp3) is 0.458. The molecular weight excluding hydrogens is 417 g/mol. The maximum atomic E-state index is 13.7. The third-order valence-corrected chi connectivity index (χ3v) is 6.36. The maximum absolute atomic E-state index is 13.7. The minimum absolute atomic E-state index is 0.0463. The second-order valence-corrected chi connectivity index (χ2v) is 8.49. The SMILES string of the molecule is Cc1cc(C(F)(F)F)c(C#N)c(N2CCC[C@H]2C(=O)N2CCCCc3c(C)cccc32)n1. The van der Waals surface area contributed by atoms with E-state index in [-0.39, 0.29) is 17.4 Å². The molecule has 0 N–H and O–H groups in total. The van der Waals surface area contributed by atoms with Crippen LogP contribution in [-0.2, 0) is 17.4 Å². The lowest BCUT2D eigenvalue weighted by atomic mass is 10.0. The number of amides is 1. The smallest absolute Gasteiger partial charge is 0.343 e. The fourth-order valence-corrected chi connectivity index (χ4v) is 4.84. The summed E-state index contributed by atoms with van der Waals surface area (Å²) in [6, 6.07) is 7.84. The molecule has 1 saturated heterocycles. The summed E-state index contributed by atoms with van der Waals surface area (Å²) in [7, 11) is 0. The zero-order valence-corrected chi connectivity index (χ0v) is 18.2. The van der Waals surface area contributed by atoms with E-state index in [2.05, 4.69) is 4.98 Å². The first-order valence-corrected chi connectivity index (χ1v) is 10.9. The average molecular weight is 442 g/mol. The minimum atomic E-state index is -4.67. The fourth-order valence-electron chi connectivity index (χ4n) is 4.84. The van der Waals surface area contributed by atoms with E-state index >= 15 is 0 Å². The van der Waals surface area contributed by atoms with Crippen LogP contribution >= 0.6 is 0 Å². The molecule has 1 aromatic carbocycles. The van der Waals surface area contributed by atoms with E-state index in [0.29, 0.717) is 25.9 Å². The molecule has 8 heteroatoms. The summed E-state index contributed by atoms with van der Waals surface area (Å²) in [6.07, 6.45) is -0.786. The zero-order chi connectivity index (χ0) is 23.0. The minimum Gasteiger partial charge on any atom is -0.343 e. The number of carbonyl (C=O) groups excluding carboxylic acids is 1. The number of nitrogens with zero attached hydrogens (tertiary/aromatic N) is 4. The van der Waals surface area contributed by atoms with Gasteiger partial charge in [0.25, 0.3) is 0 Å². The van der Waals surface area contributed by atoms with Crippen LogP contribution in [-0.4, -0.2) is 30.0 Å². The second-order valence-electron chi connectivity index (χ2n) is 8.49.